The first-order valence-corrected chi connectivity index (χ1v) is 8.56. The lowest BCUT2D eigenvalue weighted by molar-refractivity contribution is -0.137. The van der Waals surface area contributed by atoms with Crippen molar-refractivity contribution in [1.29, 1.82) is 0 Å². The van der Waals surface area contributed by atoms with Crippen LogP contribution < -0.4 is 4.90 Å². The fraction of sp³-hybridized carbons (Fsp3) is 0.438. The van der Waals surface area contributed by atoms with Gasteiger partial charge >= 0.3 is 6.18 Å². The second-order valence-corrected chi connectivity index (χ2v) is 6.68. The summed E-state index contributed by atoms with van der Waals surface area (Å²) >= 11 is 5.87. The average molecular weight is 386 g/mol. The maximum Gasteiger partial charge on any atom is 0.417 e. The quantitative estimate of drug-likeness (QED) is 0.797. The highest BCUT2D eigenvalue weighted by molar-refractivity contribution is 6.34. The SMILES string of the molecule is O=C(c1cccc(C(F)(F)F)c1Cl)N1CCn2c(nnc2N2CCC2)C1. The lowest BCUT2D eigenvalue weighted by Gasteiger charge is -2.34. The molecule has 6 nitrogen and oxygen atoms in total. The van der Waals surface area contributed by atoms with Crippen molar-refractivity contribution in [3.8, 4) is 0 Å². The zero-order valence-electron chi connectivity index (χ0n) is 13.6. The molecule has 2 aliphatic heterocycles. The molecular formula is C16H15ClF3N5O. The summed E-state index contributed by atoms with van der Waals surface area (Å²) in [6.45, 7) is 2.90. The van der Waals surface area contributed by atoms with Crippen LogP contribution >= 0.6 is 11.6 Å². The Morgan fingerprint density at radius 2 is 1.88 bits per heavy atom. The predicted molar refractivity (Wildman–Crippen MR) is 88.0 cm³/mol. The zero-order chi connectivity index (χ0) is 18.5. The second kappa shape index (κ2) is 6.15. The van der Waals surface area contributed by atoms with E-state index < -0.39 is 22.7 Å². The first kappa shape index (κ1) is 17.1. The average Bonchev–Trinajstić information content (AvgIpc) is 2.95. The summed E-state index contributed by atoms with van der Waals surface area (Å²) in [4.78, 5) is 16.3. The van der Waals surface area contributed by atoms with Gasteiger partial charge in [0.15, 0.2) is 5.82 Å². The molecule has 1 amide bonds. The molecule has 1 aromatic heterocycles. The minimum atomic E-state index is -4.61. The van der Waals surface area contributed by atoms with Crippen molar-refractivity contribution < 1.29 is 18.0 Å². The van der Waals surface area contributed by atoms with Gasteiger partial charge in [0.2, 0.25) is 5.95 Å². The number of halogens is 4. The number of carbonyl (C=O) groups excluding carboxylic acids is 1. The molecule has 0 spiro atoms. The molecule has 0 radical (unpaired) electrons. The van der Waals surface area contributed by atoms with Gasteiger partial charge in [-0.3, -0.25) is 9.36 Å². The Morgan fingerprint density at radius 3 is 2.54 bits per heavy atom. The van der Waals surface area contributed by atoms with Gasteiger partial charge in [0.1, 0.15) is 0 Å². The molecule has 2 aliphatic rings. The van der Waals surface area contributed by atoms with Crippen molar-refractivity contribution in [2.45, 2.75) is 25.7 Å². The number of anilines is 1. The number of nitrogens with zero attached hydrogens (tertiary/aromatic N) is 5. The maximum atomic E-state index is 13.0. The van der Waals surface area contributed by atoms with Crippen molar-refractivity contribution in [2.24, 2.45) is 0 Å². The van der Waals surface area contributed by atoms with E-state index in [1.807, 2.05) is 4.57 Å². The molecule has 10 heteroatoms. The lowest BCUT2D eigenvalue weighted by Crippen LogP contribution is -2.42. The van der Waals surface area contributed by atoms with Crippen molar-refractivity contribution in [2.75, 3.05) is 24.5 Å². The minimum Gasteiger partial charge on any atom is -0.341 e. The highest BCUT2D eigenvalue weighted by Gasteiger charge is 2.36. The molecule has 3 heterocycles. The maximum absolute atomic E-state index is 13.0. The molecule has 0 N–H and O–H groups in total. The summed E-state index contributed by atoms with van der Waals surface area (Å²) < 4.78 is 41.0. The van der Waals surface area contributed by atoms with E-state index in [9.17, 15) is 18.0 Å². The Kier molecular flexibility index (Phi) is 4.06. The molecule has 26 heavy (non-hydrogen) atoms. The summed E-state index contributed by atoms with van der Waals surface area (Å²) in [6, 6.07) is 3.37. The van der Waals surface area contributed by atoms with Gasteiger partial charge in [-0.2, -0.15) is 13.2 Å². The van der Waals surface area contributed by atoms with Crippen LogP contribution in [0.25, 0.3) is 0 Å². The predicted octanol–water partition coefficient (Wildman–Crippen LogP) is 2.82. The van der Waals surface area contributed by atoms with E-state index in [1.165, 1.54) is 17.0 Å². The Balaban J connectivity index is 1.58. The molecule has 0 aliphatic carbocycles. The van der Waals surface area contributed by atoms with E-state index in [2.05, 4.69) is 15.1 Å². The van der Waals surface area contributed by atoms with Gasteiger partial charge in [0, 0.05) is 26.2 Å². The van der Waals surface area contributed by atoms with Gasteiger partial charge in [0.05, 0.1) is 22.7 Å². The van der Waals surface area contributed by atoms with Crippen LogP contribution in [0.2, 0.25) is 5.02 Å². The van der Waals surface area contributed by atoms with Crippen LogP contribution in [-0.2, 0) is 19.3 Å². The van der Waals surface area contributed by atoms with Crippen LogP contribution in [0.3, 0.4) is 0 Å². The number of alkyl halides is 3. The third kappa shape index (κ3) is 2.80. The number of benzene rings is 1. The van der Waals surface area contributed by atoms with Crippen LogP contribution in [0, 0.1) is 0 Å². The van der Waals surface area contributed by atoms with Gasteiger partial charge in [-0.1, -0.05) is 17.7 Å². The fourth-order valence-electron chi connectivity index (χ4n) is 3.15. The van der Waals surface area contributed by atoms with E-state index in [0.717, 1.165) is 31.5 Å². The highest BCUT2D eigenvalue weighted by atomic mass is 35.5. The van der Waals surface area contributed by atoms with Crippen LogP contribution in [0.1, 0.15) is 28.2 Å². The fourth-order valence-corrected chi connectivity index (χ4v) is 3.47. The van der Waals surface area contributed by atoms with Crippen molar-refractivity contribution >= 4 is 23.5 Å². The molecule has 1 saturated heterocycles. The highest BCUT2D eigenvalue weighted by Crippen LogP contribution is 2.36. The van der Waals surface area contributed by atoms with Crippen LogP contribution in [-0.4, -0.2) is 45.2 Å². The Bertz CT molecular complexity index is 862. The Morgan fingerprint density at radius 1 is 1.12 bits per heavy atom. The first-order valence-electron chi connectivity index (χ1n) is 8.18. The van der Waals surface area contributed by atoms with Crippen LogP contribution in [0.4, 0.5) is 19.1 Å². The summed E-state index contributed by atoms with van der Waals surface area (Å²) in [5, 5.41) is 7.73. The molecule has 0 saturated carbocycles. The normalized spacial score (nSPS) is 17.1. The lowest BCUT2D eigenvalue weighted by atomic mass is 10.1. The molecule has 1 fully saturated rings. The molecule has 4 rings (SSSR count). The van der Waals surface area contributed by atoms with Gasteiger partial charge in [-0.15, -0.1) is 10.2 Å². The summed E-state index contributed by atoms with van der Waals surface area (Å²) in [6.07, 6.45) is -3.50. The van der Waals surface area contributed by atoms with E-state index in [4.69, 9.17) is 11.6 Å². The van der Waals surface area contributed by atoms with Gasteiger partial charge < -0.3 is 9.80 Å². The zero-order valence-corrected chi connectivity index (χ0v) is 14.4. The third-order valence-corrected chi connectivity index (χ3v) is 5.10. The number of amides is 1. The molecule has 0 unspecified atom stereocenters. The molecule has 2 aromatic rings. The topological polar surface area (TPSA) is 54.3 Å². The molecule has 1 aromatic carbocycles. The monoisotopic (exact) mass is 385 g/mol. The number of hydrogen-bond donors (Lipinski definition) is 0. The number of fused-ring (bicyclic) bond motifs is 1. The summed E-state index contributed by atoms with van der Waals surface area (Å²) in [5.74, 6) is 0.867. The standard InChI is InChI=1S/C16H15ClF3N5O/c17-13-10(3-1-4-11(13)16(18,19)20)14(26)24-7-8-25-12(9-24)21-22-15(25)23-5-2-6-23/h1,3-4H,2,5-9H2. The smallest absolute Gasteiger partial charge is 0.341 e. The third-order valence-electron chi connectivity index (χ3n) is 4.69. The number of aromatic nitrogens is 3. The molecule has 0 atom stereocenters. The van der Waals surface area contributed by atoms with Crippen LogP contribution in [0.5, 0.6) is 0 Å². The van der Waals surface area contributed by atoms with E-state index in [0.29, 0.717) is 18.9 Å². The van der Waals surface area contributed by atoms with Gasteiger partial charge in [0.25, 0.3) is 5.91 Å². The molecular weight excluding hydrogens is 371 g/mol. The summed E-state index contributed by atoms with van der Waals surface area (Å²) in [5.41, 5.74) is -1.16. The van der Waals surface area contributed by atoms with Crippen molar-refractivity contribution in [1.82, 2.24) is 19.7 Å². The first-order chi connectivity index (χ1) is 12.4. The van der Waals surface area contributed by atoms with Gasteiger partial charge in [-0.25, -0.2) is 0 Å². The summed E-state index contributed by atoms with van der Waals surface area (Å²) in [7, 11) is 0. The minimum absolute atomic E-state index is 0.155. The Hall–Kier alpha value is -2.29. The van der Waals surface area contributed by atoms with Crippen molar-refractivity contribution in [3.63, 3.8) is 0 Å². The molecule has 138 valence electrons. The van der Waals surface area contributed by atoms with Crippen LogP contribution in [0.15, 0.2) is 18.2 Å². The molecule has 0 bridgehead atoms. The largest absolute Gasteiger partial charge is 0.417 e. The second-order valence-electron chi connectivity index (χ2n) is 6.30. The van der Waals surface area contributed by atoms with E-state index in [-0.39, 0.29) is 12.1 Å². The number of carbonyl (C=O) groups is 1. The van der Waals surface area contributed by atoms with E-state index in [1.54, 1.807) is 0 Å². The van der Waals surface area contributed by atoms with E-state index >= 15 is 0 Å². The van der Waals surface area contributed by atoms with Crippen molar-refractivity contribution in [3.05, 3.63) is 40.2 Å². The number of hydrogen-bond acceptors (Lipinski definition) is 4. The number of rotatable bonds is 2. The Labute approximate surface area is 152 Å². The van der Waals surface area contributed by atoms with Gasteiger partial charge in [-0.05, 0) is 18.6 Å².